The number of aliphatic hydroxyl groups excluding tert-OH is 5. The Hall–Kier alpha value is -0.770. The van der Waals surface area contributed by atoms with E-state index in [9.17, 15) is 35.4 Å². The molecule has 0 aromatic heterocycles. The minimum absolute atomic E-state index is 0.0978. The summed E-state index contributed by atoms with van der Waals surface area (Å²) in [6.45, 7) is 9.32. The first-order valence-corrected chi connectivity index (χ1v) is 13.9. The van der Waals surface area contributed by atoms with Crippen LogP contribution in [0.2, 0.25) is 0 Å². The van der Waals surface area contributed by atoms with Crippen molar-refractivity contribution in [1.82, 2.24) is 0 Å². The van der Waals surface area contributed by atoms with Gasteiger partial charge in [-0.15, -0.1) is 0 Å². The number of cyclic esters (lactones) is 1. The molecule has 3 saturated carbocycles. The molecule has 4 fully saturated rings. The first-order chi connectivity index (χ1) is 16.7. The van der Waals surface area contributed by atoms with Crippen molar-refractivity contribution in [2.24, 2.45) is 52.3 Å². The molecule has 4 rings (SSSR count). The van der Waals surface area contributed by atoms with E-state index >= 15 is 0 Å². The number of ether oxygens (including phenoxy) is 1. The zero-order valence-electron chi connectivity index (χ0n) is 22.5. The first kappa shape index (κ1) is 28.2. The number of aliphatic hydroxyl groups is 6. The largest absolute Gasteiger partial charge is 0.465 e. The van der Waals surface area contributed by atoms with Gasteiger partial charge in [-0.3, -0.25) is 4.79 Å². The van der Waals surface area contributed by atoms with Crippen molar-refractivity contribution in [2.45, 2.75) is 103 Å². The summed E-state index contributed by atoms with van der Waals surface area (Å²) < 4.78 is 5.83. The normalized spacial score (nSPS) is 47.8. The van der Waals surface area contributed by atoms with Gasteiger partial charge in [0.25, 0.3) is 0 Å². The second kappa shape index (κ2) is 9.76. The number of carbonyl (C=O) groups excluding carboxylic acids is 1. The number of hydrogen-bond acceptors (Lipinski definition) is 8. The lowest BCUT2D eigenvalue weighted by molar-refractivity contribution is -0.162. The van der Waals surface area contributed by atoms with Crippen LogP contribution in [0.1, 0.15) is 73.1 Å². The highest BCUT2D eigenvalue weighted by atomic mass is 16.5. The Morgan fingerprint density at radius 3 is 2.31 bits per heavy atom. The maximum atomic E-state index is 13.0. The summed E-state index contributed by atoms with van der Waals surface area (Å²) in [5.74, 6) is -0.787. The van der Waals surface area contributed by atoms with E-state index in [1.165, 1.54) is 6.92 Å². The van der Waals surface area contributed by atoms with Gasteiger partial charge >= 0.3 is 5.97 Å². The maximum absolute atomic E-state index is 13.0. The summed E-state index contributed by atoms with van der Waals surface area (Å²) in [4.78, 5) is 13.0. The lowest BCUT2D eigenvalue weighted by atomic mass is 9.48. The van der Waals surface area contributed by atoms with Gasteiger partial charge in [0.05, 0.1) is 49.1 Å². The topological polar surface area (TPSA) is 148 Å². The van der Waals surface area contributed by atoms with E-state index in [1.54, 1.807) is 6.92 Å². The maximum Gasteiger partial charge on any atom is 0.309 e. The highest BCUT2D eigenvalue weighted by Gasteiger charge is 2.63. The third-order valence-corrected chi connectivity index (χ3v) is 11.8. The molecule has 1 heterocycles. The lowest BCUT2D eigenvalue weighted by Crippen LogP contribution is -2.55. The van der Waals surface area contributed by atoms with Crippen LogP contribution in [0.25, 0.3) is 0 Å². The lowest BCUT2D eigenvalue weighted by Gasteiger charge is -2.56. The second-order valence-electron chi connectivity index (χ2n) is 13.5. The van der Waals surface area contributed by atoms with Gasteiger partial charge in [0, 0.05) is 5.92 Å². The molecular weight excluding hydrogens is 464 g/mol. The summed E-state index contributed by atoms with van der Waals surface area (Å²) in [5, 5.41) is 62.9. The van der Waals surface area contributed by atoms with E-state index < -0.39 is 53.9 Å². The van der Waals surface area contributed by atoms with Crippen LogP contribution < -0.4 is 0 Å². The van der Waals surface area contributed by atoms with Crippen LogP contribution in [-0.2, 0) is 9.53 Å². The van der Waals surface area contributed by atoms with Crippen LogP contribution >= 0.6 is 0 Å². The number of rotatable bonds is 6. The van der Waals surface area contributed by atoms with Gasteiger partial charge in [0.2, 0.25) is 0 Å². The molecular formula is C28H48O8. The van der Waals surface area contributed by atoms with Crippen molar-refractivity contribution in [1.29, 1.82) is 0 Å². The Morgan fingerprint density at radius 1 is 1.03 bits per heavy atom. The van der Waals surface area contributed by atoms with Gasteiger partial charge < -0.3 is 35.4 Å². The summed E-state index contributed by atoms with van der Waals surface area (Å²) >= 11 is 0. The number of esters is 1. The smallest absolute Gasteiger partial charge is 0.309 e. The van der Waals surface area contributed by atoms with Gasteiger partial charge in [-0.05, 0) is 85.9 Å². The van der Waals surface area contributed by atoms with E-state index in [2.05, 4.69) is 13.8 Å². The summed E-state index contributed by atoms with van der Waals surface area (Å²) in [7, 11) is 0. The van der Waals surface area contributed by atoms with Gasteiger partial charge in [-0.1, -0.05) is 27.7 Å². The van der Waals surface area contributed by atoms with Gasteiger partial charge in [0.1, 0.15) is 0 Å². The van der Waals surface area contributed by atoms with Gasteiger partial charge in [-0.2, -0.15) is 0 Å². The number of fused-ring (bicyclic) bond motifs is 5. The zero-order valence-corrected chi connectivity index (χ0v) is 22.5. The van der Waals surface area contributed by atoms with E-state index in [-0.39, 0.29) is 41.5 Å². The molecule has 8 nitrogen and oxygen atoms in total. The Labute approximate surface area is 215 Å². The van der Waals surface area contributed by atoms with Gasteiger partial charge in [-0.25, -0.2) is 0 Å². The van der Waals surface area contributed by atoms with Crippen LogP contribution in [-0.4, -0.2) is 79.8 Å². The third kappa shape index (κ3) is 4.34. The molecule has 3 aliphatic carbocycles. The van der Waals surface area contributed by atoms with Crippen molar-refractivity contribution >= 4 is 5.97 Å². The summed E-state index contributed by atoms with van der Waals surface area (Å²) in [6, 6.07) is 0. The minimum atomic E-state index is -1.49. The van der Waals surface area contributed by atoms with E-state index in [0.29, 0.717) is 18.9 Å². The molecule has 1 saturated heterocycles. The second-order valence-corrected chi connectivity index (χ2v) is 13.5. The van der Waals surface area contributed by atoms with Crippen molar-refractivity contribution < 1.29 is 40.2 Å². The fourth-order valence-electron chi connectivity index (χ4n) is 9.05. The first-order valence-electron chi connectivity index (χ1n) is 13.9. The minimum Gasteiger partial charge on any atom is -0.465 e. The predicted molar refractivity (Wildman–Crippen MR) is 132 cm³/mol. The average Bonchev–Trinajstić information content (AvgIpc) is 3.14. The third-order valence-electron chi connectivity index (χ3n) is 11.8. The quantitative estimate of drug-likeness (QED) is 0.293. The molecule has 0 radical (unpaired) electrons. The van der Waals surface area contributed by atoms with E-state index in [1.807, 2.05) is 6.92 Å². The predicted octanol–water partition coefficient (Wildman–Crippen LogP) is 1.48. The highest BCUT2D eigenvalue weighted by molar-refractivity contribution is 5.74. The molecule has 0 spiro atoms. The highest BCUT2D eigenvalue weighted by Crippen LogP contribution is 2.66. The van der Waals surface area contributed by atoms with Crippen molar-refractivity contribution in [3.05, 3.63) is 0 Å². The molecule has 0 aromatic rings. The van der Waals surface area contributed by atoms with Crippen LogP contribution in [0.5, 0.6) is 0 Å². The van der Waals surface area contributed by atoms with Gasteiger partial charge in [0.15, 0.2) is 0 Å². The molecule has 208 valence electrons. The van der Waals surface area contributed by atoms with E-state index in [0.717, 1.165) is 25.7 Å². The molecule has 36 heavy (non-hydrogen) atoms. The number of carbonyl (C=O) groups is 1. The van der Waals surface area contributed by atoms with E-state index in [4.69, 9.17) is 4.74 Å². The molecule has 0 aromatic carbocycles. The van der Waals surface area contributed by atoms with Crippen molar-refractivity contribution in [3.8, 4) is 0 Å². The van der Waals surface area contributed by atoms with Crippen LogP contribution in [0, 0.1) is 52.3 Å². The monoisotopic (exact) mass is 512 g/mol. The molecule has 6 N–H and O–H groups in total. The average molecular weight is 513 g/mol. The van der Waals surface area contributed by atoms with Crippen LogP contribution in [0.3, 0.4) is 0 Å². The Bertz CT molecular complexity index is 817. The zero-order chi connectivity index (χ0) is 26.8. The van der Waals surface area contributed by atoms with Crippen LogP contribution in [0.4, 0.5) is 0 Å². The molecule has 0 bridgehead atoms. The fourth-order valence-corrected chi connectivity index (χ4v) is 9.05. The Balaban J connectivity index is 1.56. The number of hydrogen-bond donors (Lipinski definition) is 6. The molecule has 0 unspecified atom stereocenters. The Kier molecular flexibility index (Phi) is 7.66. The Morgan fingerprint density at radius 2 is 1.67 bits per heavy atom. The summed E-state index contributed by atoms with van der Waals surface area (Å²) in [5.41, 5.74) is -2.02. The summed E-state index contributed by atoms with van der Waals surface area (Å²) in [6.07, 6.45) is 0.343. The van der Waals surface area contributed by atoms with Crippen molar-refractivity contribution in [3.63, 3.8) is 0 Å². The molecule has 8 heteroatoms. The fraction of sp³-hybridized carbons (Fsp3) is 0.964. The molecule has 14 atom stereocenters. The van der Waals surface area contributed by atoms with Crippen LogP contribution in [0.15, 0.2) is 0 Å². The SMILES string of the molecule is C[C@H]([C@H](O)[C@H](O)[C@@H](C)[C@@](C)(O)CO)[C@H]1CC[C@H]2[C@@H]3COC(=O)[C@H]4C[C@H](O)[C@H](O)C[C@]4(C)[C@H]3CC[C@]12C. The standard InChI is InChI=1S/C28H48O8/c1-14(23(32)24(33)15(2)28(5,35)13-29)17-6-7-18-16-12-36-25(34)20-10-21(30)22(31)11-27(20,4)19(16)8-9-26(17,18)3/h14-24,29-33,35H,6-13H2,1-5H3/t14-,15+,16-,17+,18-,19-,20+,21-,22+,23-,24+,26+,27+,28-/m0/s1. The van der Waals surface area contributed by atoms with Crippen molar-refractivity contribution in [2.75, 3.05) is 13.2 Å². The molecule has 4 aliphatic rings. The molecule has 1 aliphatic heterocycles. The molecule has 0 amide bonds.